The molecule has 0 saturated carbocycles. The zero-order valence-corrected chi connectivity index (χ0v) is 68.2. The number of likely N-dealkylation sites (tertiary alicyclic amines) is 3. The first-order chi connectivity index (χ1) is 47.0. The van der Waals surface area contributed by atoms with Crippen LogP contribution in [-0.4, -0.2) is 323 Å². The molecule has 0 aromatic rings. The number of piperidine rings is 1. The summed E-state index contributed by atoms with van der Waals surface area (Å²) >= 11 is 0. The van der Waals surface area contributed by atoms with Gasteiger partial charge in [0.15, 0.2) is 0 Å². The molecule has 0 aliphatic carbocycles. The van der Waals surface area contributed by atoms with Crippen molar-refractivity contribution < 1.29 is 55.0 Å². The molecule has 1 atom stereocenters. The lowest BCUT2D eigenvalue weighted by Gasteiger charge is -2.45. The molecule has 26 nitrogen and oxygen atoms in total. The number of sulfonamides is 2. The zero-order chi connectivity index (χ0) is 75.3. The van der Waals surface area contributed by atoms with Gasteiger partial charge in [0.1, 0.15) is 6.61 Å². The van der Waals surface area contributed by atoms with Crippen molar-refractivity contribution in [2.45, 2.75) is 281 Å². The SMILES string of the molecule is CC(C)N1CCC2(CC1)CNCCO2.CC(C)N1CCCC1.CC(C)N1CCCCS1(=O)=O.CC(C)N1CCCNC1=O.CC(C)N1CCCOC1=O.CC(C)N1CCCS1(=O)=O.CC(C)N1CCC[C@@H]1CN.CC(C)N1CCNC1=O.CC(C)N1CCOC1=O.CC(C)N1CCOCC1. The van der Waals surface area contributed by atoms with E-state index >= 15 is 0 Å². The van der Waals surface area contributed by atoms with Crippen LogP contribution in [0.15, 0.2) is 0 Å². The first-order valence-corrected chi connectivity index (χ1v) is 41.8. The lowest BCUT2D eigenvalue weighted by molar-refractivity contribution is -0.103. The largest absolute Gasteiger partial charge is 0.449 e. The fourth-order valence-corrected chi connectivity index (χ4v) is 16.9. The number of hydrogen-bond acceptors (Lipinski definition) is 18. The molecule has 0 radical (unpaired) electrons. The minimum Gasteiger partial charge on any atom is -0.449 e. The van der Waals surface area contributed by atoms with Gasteiger partial charge in [-0.1, -0.05) is 0 Å². The smallest absolute Gasteiger partial charge is 0.410 e. The van der Waals surface area contributed by atoms with Gasteiger partial charge in [-0.25, -0.2) is 36.0 Å². The van der Waals surface area contributed by atoms with Gasteiger partial charge >= 0.3 is 24.2 Å². The maximum absolute atomic E-state index is 11.3. The molecule has 6 amide bonds. The topological polar surface area (TPSA) is 268 Å². The van der Waals surface area contributed by atoms with Crippen LogP contribution in [-0.2, 0) is 39.0 Å². The molecule has 0 aromatic carbocycles. The molecule has 0 unspecified atom stereocenters. The van der Waals surface area contributed by atoms with E-state index in [1.54, 1.807) is 18.4 Å². The van der Waals surface area contributed by atoms with Crippen molar-refractivity contribution in [3.05, 3.63) is 0 Å². The number of carbonyl (C=O) groups is 4. The Balaban J connectivity index is 0.000000379. The van der Waals surface area contributed by atoms with Crippen LogP contribution in [0, 0.1) is 0 Å². The van der Waals surface area contributed by atoms with E-state index in [0.717, 1.165) is 130 Å². The number of nitrogens with two attached hydrogens (primary N) is 1. The molecular formula is C72H148N14O12S2. The van der Waals surface area contributed by atoms with Crippen LogP contribution in [0.4, 0.5) is 19.2 Å². The number of urea groups is 2. The van der Waals surface area contributed by atoms with E-state index in [9.17, 15) is 36.0 Å². The summed E-state index contributed by atoms with van der Waals surface area (Å²) in [4.78, 5) is 60.7. The summed E-state index contributed by atoms with van der Waals surface area (Å²) in [6, 6.07) is 5.13. The van der Waals surface area contributed by atoms with Crippen molar-refractivity contribution in [1.82, 2.24) is 63.8 Å². The second-order valence-electron chi connectivity index (χ2n) is 30.4. The van der Waals surface area contributed by atoms with E-state index in [0.29, 0.717) is 74.1 Å². The van der Waals surface area contributed by atoms with Crippen molar-refractivity contribution in [3.63, 3.8) is 0 Å². The Morgan fingerprint density at radius 1 is 0.410 bits per heavy atom. The van der Waals surface area contributed by atoms with Gasteiger partial charge in [0, 0.05) is 158 Å². The van der Waals surface area contributed by atoms with Crippen molar-refractivity contribution in [2.24, 2.45) is 5.73 Å². The second kappa shape index (κ2) is 48.6. The predicted molar refractivity (Wildman–Crippen MR) is 406 cm³/mol. The van der Waals surface area contributed by atoms with Gasteiger partial charge in [-0.05, 0) is 229 Å². The fourth-order valence-electron chi connectivity index (χ4n) is 13.3. The molecule has 11 heterocycles. The molecule has 5 N–H and O–H groups in total. The maximum atomic E-state index is 11.3. The Bertz CT molecular complexity index is 2390. The highest BCUT2D eigenvalue weighted by Crippen LogP contribution is 2.28. The summed E-state index contributed by atoms with van der Waals surface area (Å²) in [7, 11) is -5.74. The van der Waals surface area contributed by atoms with Gasteiger partial charge in [-0.15, -0.1) is 0 Å². The molecule has 0 bridgehead atoms. The monoisotopic (exact) mass is 1470 g/mol. The van der Waals surface area contributed by atoms with Crippen LogP contribution in [0.2, 0.25) is 0 Å². The Morgan fingerprint density at radius 2 is 0.860 bits per heavy atom. The molecule has 11 fully saturated rings. The number of amides is 6. The number of cyclic esters (lactones) is 2. The van der Waals surface area contributed by atoms with Crippen LogP contribution >= 0.6 is 0 Å². The standard InChI is InChI=1S/C11H22N2O.C8H18N2.C7H14N2O.C7H15NO2S.C7H13NO2.C7H15NO.C7H15N.C6H12N2O.C6H13NO2S.C6H11NO2/c1-10(2)13-6-3-11(4-7-13)9-12-5-8-14-11;1-7(2)10-5-3-4-8(10)6-9;1-6(2)9-5-3-4-8-7(9)10;1-7(2)8-5-3-4-6-11(8,9)10;1-6(2)8-4-3-5-10-7(8)9;1-7(2)8-3-5-9-6-4-8;1-7(2)8-5-3-4-6-8;1-5(2)8-4-3-7-6(8)9;1-6(2)7-4-3-5-10(7,8)9;1-5(2)7-3-4-9-6(7)8/h10,12H,3-9H2,1-2H3;7-8H,3-6,9H2,1-2H3;6H,3-5H2,1-2H3,(H,8,10);7H,3-6H2,1-2H3;6H,3-5H2,1-2H3;7H,3-6H2,1-2H3;7H,3-6H2,1-2H3;5H,3-4H2,1-2H3,(H,7,9);6H,3-5H2,1-2H3;5H,3-4H2,1-2H3/t;8-;;;;;;;;/m.1......../s1. The van der Waals surface area contributed by atoms with Gasteiger partial charge in [0.25, 0.3) is 0 Å². The summed E-state index contributed by atoms with van der Waals surface area (Å²) in [5, 5.41) is 8.98. The fraction of sp³-hybridized carbons (Fsp3) is 0.944. The second-order valence-corrected chi connectivity index (χ2v) is 34.5. The third-order valence-electron chi connectivity index (χ3n) is 19.5. The van der Waals surface area contributed by atoms with Gasteiger partial charge in [0.05, 0.1) is 50.1 Å². The lowest BCUT2D eigenvalue weighted by atomic mass is 9.89. The van der Waals surface area contributed by atoms with Crippen molar-refractivity contribution in [2.75, 3.05) is 162 Å². The normalized spacial score (nSPS) is 23.4. The Morgan fingerprint density at radius 3 is 1.19 bits per heavy atom. The number of carbonyl (C=O) groups excluding carboxylic acids is 4. The molecule has 100 heavy (non-hydrogen) atoms. The van der Waals surface area contributed by atoms with Crippen molar-refractivity contribution in [3.8, 4) is 0 Å². The summed E-state index contributed by atoms with van der Waals surface area (Å²) < 4.78 is 68.8. The molecule has 0 aromatic heterocycles. The van der Waals surface area contributed by atoms with E-state index in [-0.39, 0.29) is 54.0 Å². The van der Waals surface area contributed by atoms with Gasteiger partial charge in [-0.3, -0.25) is 9.80 Å². The van der Waals surface area contributed by atoms with Crippen molar-refractivity contribution in [1.29, 1.82) is 0 Å². The highest BCUT2D eigenvalue weighted by atomic mass is 32.2. The average molecular weight is 1470 g/mol. The van der Waals surface area contributed by atoms with E-state index in [2.05, 4.69) is 90.9 Å². The first kappa shape index (κ1) is 92.7. The number of nitrogens with one attached hydrogen (secondary N) is 3. The number of hydrogen-bond donors (Lipinski definition) is 4. The molecule has 590 valence electrons. The van der Waals surface area contributed by atoms with Crippen LogP contribution in [0.25, 0.3) is 0 Å². The average Bonchev–Trinajstić information content (AvgIpc) is 0.993. The number of ether oxygens (including phenoxy) is 4. The summed E-state index contributed by atoms with van der Waals surface area (Å²) in [6.07, 6.45) is 12.2. The number of morpholine rings is 2. The minimum absolute atomic E-state index is 0.0741. The lowest BCUT2D eigenvalue weighted by Crippen LogP contribution is -2.56. The Kier molecular flexibility index (Phi) is 45.1. The highest BCUT2D eigenvalue weighted by molar-refractivity contribution is 7.89. The number of nitrogens with zero attached hydrogens (tertiary/aromatic N) is 10. The molecule has 11 aliphatic rings. The Labute approximate surface area is 609 Å². The molecule has 11 rings (SSSR count). The van der Waals surface area contributed by atoms with Crippen LogP contribution in [0.5, 0.6) is 0 Å². The molecule has 11 aliphatic heterocycles. The predicted octanol–water partition coefficient (Wildman–Crippen LogP) is 8.45. The third-order valence-corrected chi connectivity index (χ3v) is 23.8. The molecular weight excluding hydrogens is 1320 g/mol. The van der Waals surface area contributed by atoms with E-state index < -0.39 is 20.0 Å². The highest BCUT2D eigenvalue weighted by Gasteiger charge is 2.38. The summed E-state index contributed by atoms with van der Waals surface area (Å²) in [5.41, 5.74) is 5.79. The van der Waals surface area contributed by atoms with E-state index in [4.69, 9.17) is 24.7 Å². The zero-order valence-electron chi connectivity index (χ0n) is 66.6. The van der Waals surface area contributed by atoms with Gasteiger partial charge in [0.2, 0.25) is 20.0 Å². The van der Waals surface area contributed by atoms with E-state index in [1.165, 1.54) is 71.2 Å². The maximum Gasteiger partial charge on any atom is 0.410 e. The third kappa shape index (κ3) is 34.7. The number of rotatable bonds is 11. The Hall–Kier alpha value is -3.42. The molecule has 28 heteroatoms. The van der Waals surface area contributed by atoms with Crippen molar-refractivity contribution >= 4 is 44.3 Å². The summed E-state index contributed by atoms with van der Waals surface area (Å²) in [6.45, 7) is 63.4. The summed E-state index contributed by atoms with van der Waals surface area (Å²) in [5.74, 6) is 0.677. The van der Waals surface area contributed by atoms with E-state index in [1.807, 2.05) is 92.9 Å². The van der Waals surface area contributed by atoms with Gasteiger partial charge < -0.3 is 70.0 Å². The van der Waals surface area contributed by atoms with Crippen LogP contribution in [0.1, 0.15) is 209 Å². The molecule has 1 spiro atoms. The van der Waals surface area contributed by atoms with Crippen LogP contribution < -0.4 is 21.7 Å². The first-order valence-electron chi connectivity index (χ1n) is 38.6. The molecule has 11 saturated heterocycles. The van der Waals surface area contributed by atoms with Crippen LogP contribution in [0.3, 0.4) is 0 Å². The quantitative estimate of drug-likeness (QED) is 0.151. The van der Waals surface area contributed by atoms with Gasteiger partial charge in [-0.2, -0.15) is 8.61 Å². The minimum atomic E-state index is -2.89.